The average Bonchev–Trinajstić information content (AvgIpc) is 2.85. The molecule has 1 aliphatic carbocycles. The first kappa shape index (κ1) is 14.3. The lowest BCUT2D eigenvalue weighted by Gasteiger charge is -2.39. The summed E-state index contributed by atoms with van der Waals surface area (Å²) in [4.78, 5) is 27.3. The smallest absolute Gasteiger partial charge is 0.320 e. The molecule has 1 unspecified atom stereocenters. The van der Waals surface area contributed by atoms with E-state index in [-0.39, 0.29) is 11.3 Å². The first-order valence-corrected chi connectivity index (χ1v) is 7.20. The number of hydrogen-bond donors (Lipinski definition) is 1. The van der Waals surface area contributed by atoms with E-state index in [1.165, 1.54) is 0 Å². The van der Waals surface area contributed by atoms with Gasteiger partial charge < -0.3 is 10.0 Å². The molecule has 0 spiro atoms. The molecule has 0 aromatic carbocycles. The summed E-state index contributed by atoms with van der Waals surface area (Å²) in [6, 6.07) is -0.459. The highest BCUT2D eigenvalue weighted by atomic mass is 16.4. The van der Waals surface area contributed by atoms with Crippen LogP contribution in [-0.2, 0) is 9.59 Å². The fraction of sp³-hybridized carbons (Fsp3) is 0.857. The van der Waals surface area contributed by atoms with E-state index in [0.29, 0.717) is 26.2 Å². The third-order valence-corrected chi connectivity index (χ3v) is 4.73. The highest BCUT2D eigenvalue weighted by molar-refractivity contribution is 5.82. The summed E-state index contributed by atoms with van der Waals surface area (Å²) < 4.78 is 0. The maximum Gasteiger partial charge on any atom is 0.320 e. The first-order valence-electron chi connectivity index (χ1n) is 7.20. The van der Waals surface area contributed by atoms with E-state index in [4.69, 9.17) is 5.11 Å². The lowest BCUT2D eigenvalue weighted by molar-refractivity contribution is -0.146. The monoisotopic (exact) mass is 268 g/mol. The Labute approximate surface area is 114 Å². The van der Waals surface area contributed by atoms with Gasteiger partial charge in [-0.3, -0.25) is 14.5 Å². The molecule has 0 radical (unpaired) electrons. The van der Waals surface area contributed by atoms with Crippen molar-refractivity contribution in [3.63, 3.8) is 0 Å². The van der Waals surface area contributed by atoms with Gasteiger partial charge in [0.2, 0.25) is 5.91 Å². The Kier molecular flexibility index (Phi) is 4.13. The third-order valence-electron chi connectivity index (χ3n) is 4.73. The molecule has 1 atom stereocenters. The zero-order valence-electron chi connectivity index (χ0n) is 11.9. The molecule has 1 aliphatic heterocycles. The number of hydrogen-bond acceptors (Lipinski definition) is 3. The molecular formula is C14H24N2O3. The minimum Gasteiger partial charge on any atom is -0.480 e. The molecule has 1 saturated heterocycles. The van der Waals surface area contributed by atoms with Crippen LogP contribution < -0.4 is 0 Å². The fourth-order valence-corrected chi connectivity index (χ4v) is 3.22. The molecule has 108 valence electrons. The molecule has 1 N–H and O–H groups in total. The maximum absolute atomic E-state index is 12.5. The molecule has 1 saturated carbocycles. The summed E-state index contributed by atoms with van der Waals surface area (Å²) in [5.74, 6) is -0.518. The average molecular weight is 268 g/mol. The molecule has 2 rings (SSSR count). The standard InChI is InChI=1S/C14H24N2O3/c1-11(12(17)18)15-7-9-16(10-8-15)13(19)14(2)5-3-4-6-14/h11H,3-10H2,1-2H3,(H,17,18). The second kappa shape index (κ2) is 5.49. The number of nitrogens with zero attached hydrogens (tertiary/aromatic N) is 2. The summed E-state index contributed by atoms with van der Waals surface area (Å²) in [5.41, 5.74) is -0.166. The number of rotatable bonds is 3. The third kappa shape index (κ3) is 2.91. The van der Waals surface area contributed by atoms with Crippen LogP contribution in [0.3, 0.4) is 0 Å². The van der Waals surface area contributed by atoms with Gasteiger partial charge in [-0.25, -0.2) is 0 Å². The van der Waals surface area contributed by atoms with Crippen LogP contribution in [-0.4, -0.2) is 59.0 Å². The fourth-order valence-electron chi connectivity index (χ4n) is 3.22. The lowest BCUT2D eigenvalue weighted by Crippen LogP contribution is -2.55. The van der Waals surface area contributed by atoms with Gasteiger partial charge in [0.25, 0.3) is 0 Å². The highest BCUT2D eigenvalue weighted by Crippen LogP contribution is 2.39. The van der Waals surface area contributed by atoms with Gasteiger partial charge in [0, 0.05) is 31.6 Å². The second-order valence-electron chi connectivity index (χ2n) is 6.11. The number of carbonyl (C=O) groups is 2. The zero-order chi connectivity index (χ0) is 14.0. The second-order valence-corrected chi connectivity index (χ2v) is 6.11. The number of piperazine rings is 1. The molecule has 1 amide bonds. The van der Waals surface area contributed by atoms with Crippen molar-refractivity contribution in [3.8, 4) is 0 Å². The van der Waals surface area contributed by atoms with Crippen LogP contribution in [0.15, 0.2) is 0 Å². The van der Waals surface area contributed by atoms with Gasteiger partial charge in [0.15, 0.2) is 0 Å². The predicted molar refractivity (Wildman–Crippen MR) is 71.8 cm³/mol. The molecule has 2 aliphatic rings. The first-order chi connectivity index (χ1) is 8.94. The van der Waals surface area contributed by atoms with Gasteiger partial charge in [-0.15, -0.1) is 0 Å². The normalized spacial score (nSPS) is 25.3. The molecule has 1 heterocycles. The van der Waals surface area contributed by atoms with Gasteiger partial charge in [0.1, 0.15) is 6.04 Å². The van der Waals surface area contributed by atoms with E-state index in [1.54, 1.807) is 6.92 Å². The van der Waals surface area contributed by atoms with E-state index < -0.39 is 12.0 Å². The van der Waals surface area contributed by atoms with Crippen molar-refractivity contribution in [2.45, 2.75) is 45.6 Å². The largest absolute Gasteiger partial charge is 0.480 e. The number of carbonyl (C=O) groups excluding carboxylic acids is 1. The molecule has 2 fully saturated rings. The minimum atomic E-state index is -0.789. The Bertz CT molecular complexity index is 356. The van der Waals surface area contributed by atoms with E-state index >= 15 is 0 Å². The van der Waals surface area contributed by atoms with Gasteiger partial charge in [-0.05, 0) is 19.8 Å². The summed E-state index contributed by atoms with van der Waals surface area (Å²) >= 11 is 0. The SMILES string of the molecule is CC(C(=O)O)N1CCN(C(=O)C2(C)CCCC2)CC1. The summed E-state index contributed by atoms with van der Waals surface area (Å²) in [7, 11) is 0. The van der Waals surface area contributed by atoms with E-state index in [9.17, 15) is 9.59 Å². The van der Waals surface area contributed by atoms with Gasteiger partial charge in [0.05, 0.1) is 0 Å². The molecule has 19 heavy (non-hydrogen) atoms. The summed E-state index contributed by atoms with van der Waals surface area (Å²) in [6.07, 6.45) is 4.30. The molecule has 0 aromatic heterocycles. The van der Waals surface area contributed by atoms with Crippen molar-refractivity contribution >= 4 is 11.9 Å². The number of amides is 1. The van der Waals surface area contributed by atoms with Crippen LogP contribution in [0.5, 0.6) is 0 Å². The van der Waals surface area contributed by atoms with Crippen LogP contribution in [0.25, 0.3) is 0 Å². The van der Waals surface area contributed by atoms with Crippen molar-refractivity contribution in [3.05, 3.63) is 0 Å². The Morgan fingerprint density at radius 1 is 1.11 bits per heavy atom. The van der Waals surface area contributed by atoms with Crippen LogP contribution >= 0.6 is 0 Å². The number of aliphatic carboxylic acids is 1. The van der Waals surface area contributed by atoms with Crippen LogP contribution in [0.4, 0.5) is 0 Å². The van der Waals surface area contributed by atoms with Gasteiger partial charge in [-0.2, -0.15) is 0 Å². The van der Waals surface area contributed by atoms with Crippen molar-refractivity contribution in [1.29, 1.82) is 0 Å². The van der Waals surface area contributed by atoms with Crippen LogP contribution in [0.2, 0.25) is 0 Å². The Morgan fingerprint density at radius 3 is 2.11 bits per heavy atom. The molecule has 5 nitrogen and oxygen atoms in total. The highest BCUT2D eigenvalue weighted by Gasteiger charge is 2.40. The van der Waals surface area contributed by atoms with Crippen molar-refractivity contribution < 1.29 is 14.7 Å². The van der Waals surface area contributed by atoms with Crippen molar-refractivity contribution in [2.75, 3.05) is 26.2 Å². The molecular weight excluding hydrogens is 244 g/mol. The summed E-state index contributed by atoms with van der Waals surface area (Å²) in [5, 5.41) is 9.00. The predicted octanol–water partition coefficient (Wildman–Crippen LogP) is 1.18. The van der Waals surface area contributed by atoms with E-state index in [2.05, 4.69) is 6.92 Å². The number of carboxylic acids is 1. The van der Waals surface area contributed by atoms with Crippen molar-refractivity contribution in [2.24, 2.45) is 5.41 Å². The Balaban J connectivity index is 1.89. The molecule has 5 heteroatoms. The zero-order valence-corrected chi connectivity index (χ0v) is 11.9. The number of carboxylic acid groups (broad SMARTS) is 1. The Hall–Kier alpha value is -1.10. The topological polar surface area (TPSA) is 60.9 Å². The summed E-state index contributed by atoms with van der Waals surface area (Å²) in [6.45, 7) is 6.43. The van der Waals surface area contributed by atoms with Crippen LogP contribution in [0.1, 0.15) is 39.5 Å². The van der Waals surface area contributed by atoms with Gasteiger partial charge in [-0.1, -0.05) is 19.8 Å². The minimum absolute atomic E-state index is 0.166. The maximum atomic E-state index is 12.5. The quantitative estimate of drug-likeness (QED) is 0.835. The van der Waals surface area contributed by atoms with Gasteiger partial charge >= 0.3 is 5.97 Å². The van der Waals surface area contributed by atoms with E-state index in [1.807, 2.05) is 9.80 Å². The Morgan fingerprint density at radius 2 is 1.63 bits per heavy atom. The van der Waals surface area contributed by atoms with Crippen molar-refractivity contribution in [1.82, 2.24) is 9.80 Å². The molecule has 0 aromatic rings. The molecule has 0 bridgehead atoms. The lowest BCUT2D eigenvalue weighted by atomic mass is 9.87. The van der Waals surface area contributed by atoms with E-state index in [0.717, 1.165) is 25.7 Å². The van der Waals surface area contributed by atoms with Crippen LogP contribution in [0, 0.1) is 5.41 Å².